The number of aryl methyl sites for hydroxylation is 1. The van der Waals surface area contributed by atoms with E-state index in [-0.39, 0.29) is 19.0 Å². The Morgan fingerprint density at radius 1 is 1.43 bits per heavy atom. The molecule has 9 heteroatoms. The maximum absolute atomic E-state index is 12.3. The van der Waals surface area contributed by atoms with Gasteiger partial charge in [-0.15, -0.1) is 0 Å². The van der Waals surface area contributed by atoms with Gasteiger partial charge >= 0.3 is 0 Å². The van der Waals surface area contributed by atoms with Crippen LogP contribution in [0, 0.1) is 13.8 Å². The summed E-state index contributed by atoms with van der Waals surface area (Å²) >= 11 is 6.08. The summed E-state index contributed by atoms with van der Waals surface area (Å²) in [7, 11) is 3.29. The topological polar surface area (TPSA) is 86.3 Å². The number of methoxy groups -OCH3 is 1. The van der Waals surface area contributed by atoms with E-state index in [4.69, 9.17) is 20.9 Å². The van der Waals surface area contributed by atoms with Gasteiger partial charge in [-0.3, -0.25) is 9.48 Å². The van der Waals surface area contributed by atoms with Crippen LogP contribution >= 0.6 is 11.6 Å². The molecule has 0 aliphatic rings. The lowest BCUT2D eigenvalue weighted by atomic mass is 10.4. The molecule has 23 heavy (non-hydrogen) atoms. The van der Waals surface area contributed by atoms with Crippen molar-refractivity contribution in [2.24, 2.45) is 0 Å². The van der Waals surface area contributed by atoms with Crippen LogP contribution in [0.1, 0.15) is 23.1 Å². The molecule has 0 aliphatic heterocycles. The molecule has 126 valence electrons. The summed E-state index contributed by atoms with van der Waals surface area (Å²) in [5, 5.41) is 8.67. The summed E-state index contributed by atoms with van der Waals surface area (Å²) in [6, 6.07) is 0. The molecular weight excluding hydrogens is 322 g/mol. The predicted octanol–water partition coefficient (Wildman–Crippen LogP) is 1.38. The molecule has 2 rings (SSSR count). The zero-order chi connectivity index (χ0) is 17.0. The molecule has 0 bridgehead atoms. The van der Waals surface area contributed by atoms with Crippen molar-refractivity contribution in [2.45, 2.75) is 33.4 Å². The molecular formula is C14H20ClN5O3. The van der Waals surface area contributed by atoms with Gasteiger partial charge in [0.25, 0.3) is 0 Å². The van der Waals surface area contributed by atoms with Crippen LogP contribution in [0.4, 0.5) is 0 Å². The SMILES string of the molecule is COCCc1noc(CN(C)C(=O)Cn2nc(C)c(Cl)c2C)n1. The fourth-order valence-electron chi connectivity index (χ4n) is 2.02. The minimum Gasteiger partial charge on any atom is -0.384 e. The lowest BCUT2D eigenvalue weighted by molar-refractivity contribution is -0.131. The van der Waals surface area contributed by atoms with E-state index >= 15 is 0 Å². The molecule has 0 spiro atoms. The van der Waals surface area contributed by atoms with Crippen LogP contribution in [0.5, 0.6) is 0 Å². The molecule has 0 radical (unpaired) electrons. The number of nitrogens with zero attached hydrogens (tertiary/aromatic N) is 5. The molecule has 0 saturated heterocycles. The van der Waals surface area contributed by atoms with Crippen LogP contribution in [-0.2, 0) is 29.0 Å². The van der Waals surface area contributed by atoms with E-state index in [0.717, 1.165) is 5.69 Å². The van der Waals surface area contributed by atoms with E-state index < -0.39 is 0 Å². The molecule has 2 heterocycles. The molecule has 0 atom stereocenters. The third-order valence-corrected chi connectivity index (χ3v) is 3.96. The van der Waals surface area contributed by atoms with Gasteiger partial charge in [-0.05, 0) is 13.8 Å². The number of aromatic nitrogens is 4. The van der Waals surface area contributed by atoms with Crippen molar-refractivity contribution in [3.8, 4) is 0 Å². The molecule has 0 N–H and O–H groups in total. The van der Waals surface area contributed by atoms with Crippen molar-refractivity contribution < 1.29 is 14.1 Å². The predicted molar refractivity (Wildman–Crippen MR) is 83.1 cm³/mol. The smallest absolute Gasteiger partial charge is 0.246 e. The number of hydrogen-bond donors (Lipinski definition) is 0. The number of ether oxygens (including phenoxy) is 1. The van der Waals surface area contributed by atoms with Gasteiger partial charge in [0.05, 0.1) is 29.6 Å². The highest BCUT2D eigenvalue weighted by molar-refractivity contribution is 6.31. The zero-order valence-electron chi connectivity index (χ0n) is 13.7. The summed E-state index contributed by atoms with van der Waals surface area (Å²) < 4.78 is 11.7. The molecule has 0 fully saturated rings. The Labute approximate surface area is 139 Å². The monoisotopic (exact) mass is 341 g/mol. The third kappa shape index (κ3) is 4.29. The second-order valence-electron chi connectivity index (χ2n) is 5.24. The number of likely N-dealkylation sites (N-methyl/N-ethyl adjacent to an activating group) is 1. The van der Waals surface area contributed by atoms with Gasteiger partial charge in [0.15, 0.2) is 5.82 Å². The number of amides is 1. The lowest BCUT2D eigenvalue weighted by Crippen LogP contribution is -2.30. The van der Waals surface area contributed by atoms with Crippen molar-refractivity contribution in [3.05, 3.63) is 28.1 Å². The van der Waals surface area contributed by atoms with Gasteiger partial charge in [0.1, 0.15) is 6.54 Å². The average molecular weight is 342 g/mol. The molecule has 2 aromatic rings. The van der Waals surface area contributed by atoms with Gasteiger partial charge in [-0.2, -0.15) is 10.1 Å². The van der Waals surface area contributed by atoms with E-state index in [0.29, 0.717) is 35.5 Å². The molecule has 2 aromatic heterocycles. The van der Waals surface area contributed by atoms with Crippen LogP contribution in [0.3, 0.4) is 0 Å². The largest absolute Gasteiger partial charge is 0.384 e. The van der Waals surface area contributed by atoms with Gasteiger partial charge in [-0.1, -0.05) is 16.8 Å². The van der Waals surface area contributed by atoms with Crippen LogP contribution in [-0.4, -0.2) is 51.5 Å². The molecule has 1 amide bonds. The molecule has 0 unspecified atom stereocenters. The molecule has 0 saturated carbocycles. The van der Waals surface area contributed by atoms with Crippen LogP contribution in [0.25, 0.3) is 0 Å². The second-order valence-corrected chi connectivity index (χ2v) is 5.62. The van der Waals surface area contributed by atoms with Crippen molar-refractivity contribution in [2.75, 3.05) is 20.8 Å². The minimum atomic E-state index is -0.121. The molecule has 8 nitrogen and oxygen atoms in total. The van der Waals surface area contributed by atoms with Crippen LogP contribution < -0.4 is 0 Å². The van der Waals surface area contributed by atoms with Gasteiger partial charge in [-0.25, -0.2) is 0 Å². The number of rotatable bonds is 7. The van der Waals surface area contributed by atoms with Crippen molar-refractivity contribution in [1.29, 1.82) is 0 Å². The maximum atomic E-state index is 12.3. The van der Waals surface area contributed by atoms with E-state index in [2.05, 4.69) is 15.2 Å². The van der Waals surface area contributed by atoms with E-state index in [1.807, 2.05) is 6.92 Å². The maximum Gasteiger partial charge on any atom is 0.246 e. The quantitative estimate of drug-likeness (QED) is 0.756. The molecule has 0 aromatic carbocycles. The summed E-state index contributed by atoms with van der Waals surface area (Å²) in [5.41, 5.74) is 1.48. The first kappa shape index (κ1) is 17.4. The summed E-state index contributed by atoms with van der Waals surface area (Å²) in [4.78, 5) is 18.0. The Hall–Kier alpha value is -1.93. The zero-order valence-corrected chi connectivity index (χ0v) is 14.4. The third-order valence-electron chi connectivity index (χ3n) is 3.42. The second kappa shape index (κ2) is 7.56. The van der Waals surface area contributed by atoms with Crippen molar-refractivity contribution in [3.63, 3.8) is 0 Å². The Balaban J connectivity index is 1.94. The number of carbonyl (C=O) groups is 1. The first-order chi connectivity index (χ1) is 10.9. The molecule has 0 aliphatic carbocycles. The summed E-state index contributed by atoms with van der Waals surface area (Å²) in [5.74, 6) is 0.829. The summed E-state index contributed by atoms with van der Waals surface area (Å²) in [6.07, 6.45) is 0.571. The van der Waals surface area contributed by atoms with Crippen LogP contribution in [0.15, 0.2) is 4.52 Å². The van der Waals surface area contributed by atoms with Gasteiger partial charge < -0.3 is 14.2 Å². The number of halogens is 1. The van der Waals surface area contributed by atoms with E-state index in [1.165, 1.54) is 4.90 Å². The first-order valence-electron chi connectivity index (χ1n) is 7.16. The first-order valence-corrected chi connectivity index (χ1v) is 7.54. The number of hydrogen-bond acceptors (Lipinski definition) is 6. The fraction of sp³-hybridized carbons (Fsp3) is 0.571. The van der Waals surface area contributed by atoms with Crippen molar-refractivity contribution in [1.82, 2.24) is 24.8 Å². The average Bonchev–Trinajstić information content (AvgIpc) is 3.06. The van der Waals surface area contributed by atoms with Gasteiger partial charge in [0, 0.05) is 20.6 Å². The van der Waals surface area contributed by atoms with Crippen LogP contribution in [0.2, 0.25) is 5.02 Å². The Morgan fingerprint density at radius 3 is 2.78 bits per heavy atom. The van der Waals surface area contributed by atoms with E-state index in [9.17, 15) is 4.79 Å². The van der Waals surface area contributed by atoms with Gasteiger partial charge in [0.2, 0.25) is 11.8 Å². The minimum absolute atomic E-state index is 0.112. The Bertz CT molecular complexity index is 682. The highest BCUT2D eigenvalue weighted by Crippen LogP contribution is 2.18. The Kier molecular flexibility index (Phi) is 5.73. The Morgan fingerprint density at radius 2 is 2.17 bits per heavy atom. The highest BCUT2D eigenvalue weighted by atomic mass is 35.5. The normalized spacial score (nSPS) is 11.0. The lowest BCUT2D eigenvalue weighted by Gasteiger charge is -2.15. The highest BCUT2D eigenvalue weighted by Gasteiger charge is 2.17. The summed E-state index contributed by atoms with van der Waals surface area (Å²) in [6.45, 7) is 4.51. The van der Waals surface area contributed by atoms with E-state index in [1.54, 1.807) is 25.8 Å². The fourth-order valence-corrected chi connectivity index (χ4v) is 2.15. The number of carbonyl (C=O) groups excluding carboxylic acids is 1. The standard InChI is InChI=1S/C14H20ClN5O3/c1-9-14(15)10(2)20(17-9)8-13(21)19(3)7-12-16-11(18-23-12)5-6-22-4/h5-8H2,1-4H3. The van der Waals surface area contributed by atoms with Crippen molar-refractivity contribution >= 4 is 17.5 Å².